The van der Waals surface area contributed by atoms with Gasteiger partial charge in [0.15, 0.2) is 0 Å². The Hall–Kier alpha value is -2.34. The van der Waals surface area contributed by atoms with E-state index in [2.05, 4.69) is 10.3 Å². The van der Waals surface area contributed by atoms with E-state index in [0.29, 0.717) is 11.1 Å². The second-order valence-electron chi connectivity index (χ2n) is 4.46. The van der Waals surface area contributed by atoms with Crippen molar-refractivity contribution in [2.75, 3.05) is 5.32 Å². The molecule has 1 aromatic carbocycles. The maximum absolute atomic E-state index is 12.2. The lowest BCUT2D eigenvalue weighted by molar-refractivity contribution is 0.102. The summed E-state index contributed by atoms with van der Waals surface area (Å²) >= 11 is 1.44. The number of carbonyl (C=O) groups excluding carboxylic acids is 1. The predicted molar refractivity (Wildman–Crippen MR) is 110 cm³/mol. The van der Waals surface area contributed by atoms with Crippen molar-refractivity contribution in [3.63, 3.8) is 0 Å². The molecular formula is C19H24BN2O2S. The molecule has 0 atom stereocenters. The highest BCUT2D eigenvalue weighted by molar-refractivity contribution is 7.16. The minimum absolute atomic E-state index is 0. The zero-order valence-electron chi connectivity index (χ0n) is 15.3. The number of benzene rings is 1. The fourth-order valence-electron chi connectivity index (χ4n) is 2.02. The number of para-hydroxylation sites is 1. The van der Waals surface area contributed by atoms with Gasteiger partial charge in [-0.05, 0) is 30.0 Å². The molecule has 3 aromatic rings. The van der Waals surface area contributed by atoms with Crippen molar-refractivity contribution in [1.82, 2.24) is 4.98 Å². The highest BCUT2D eigenvalue weighted by Gasteiger charge is 2.14. The molecule has 3 rings (SSSR count). The van der Waals surface area contributed by atoms with Crippen LogP contribution in [0.4, 0.5) is 5.69 Å². The summed E-state index contributed by atoms with van der Waals surface area (Å²) in [6.07, 6.45) is 1.47. The summed E-state index contributed by atoms with van der Waals surface area (Å²) in [6, 6.07) is 9.18. The van der Waals surface area contributed by atoms with Crippen LogP contribution in [0, 0.1) is 6.92 Å². The Balaban J connectivity index is 0.00000108. The number of hydrogen-bond donors (Lipinski definition) is 2. The summed E-state index contributed by atoms with van der Waals surface area (Å²) in [6.45, 7) is 9.90. The molecule has 0 saturated carbocycles. The van der Waals surface area contributed by atoms with Crippen molar-refractivity contribution in [2.45, 2.75) is 34.6 Å². The second-order valence-corrected chi connectivity index (χ2v) is 5.38. The molecule has 2 aromatic heterocycles. The summed E-state index contributed by atoms with van der Waals surface area (Å²) in [4.78, 5) is 28.2. The number of anilines is 1. The highest BCUT2D eigenvalue weighted by Crippen LogP contribution is 2.17. The molecule has 131 valence electrons. The zero-order valence-corrected chi connectivity index (χ0v) is 16.2. The number of aromatic amines is 1. The Kier molecular flexibility index (Phi) is 10.2. The number of amides is 1. The first-order chi connectivity index (χ1) is 11.7. The van der Waals surface area contributed by atoms with Crippen LogP contribution in [-0.4, -0.2) is 19.3 Å². The van der Waals surface area contributed by atoms with Crippen molar-refractivity contribution in [3.8, 4) is 0 Å². The molecule has 4 nitrogen and oxygen atoms in total. The molecule has 0 aliphatic heterocycles. The van der Waals surface area contributed by atoms with E-state index in [0.717, 1.165) is 10.4 Å². The van der Waals surface area contributed by atoms with Gasteiger partial charge in [0, 0.05) is 20.3 Å². The number of nitrogens with one attached hydrogen (secondary N) is 2. The van der Waals surface area contributed by atoms with E-state index in [9.17, 15) is 9.59 Å². The molecule has 1 amide bonds. The van der Waals surface area contributed by atoms with Crippen molar-refractivity contribution < 1.29 is 4.79 Å². The first-order valence-electron chi connectivity index (χ1n) is 8.12. The smallest absolute Gasteiger partial charge is 0.261 e. The summed E-state index contributed by atoms with van der Waals surface area (Å²) < 4.78 is 0. The Labute approximate surface area is 154 Å². The van der Waals surface area contributed by atoms with Crippen LogP contribution in [0.15, 0.2) is 46.7 Å². The zero-order chi connectivity index (χ0) is 18.1. The van der Waals surface area contributed by atoms with Gasteiger partial charge < -0.3 is 10.3 Å². The van der Waals surface area contributed by atoms with Gasteiger partial charge >= 0.3 is 0 Å². The van der Waals surface area contributed by atoms with Crippen LogP contribution in [0.2, 0.25) is 0 Å². The maximum atomic E-state index is 12.2. The Morgan fingerprint density at radius 3 is 2.36 bits per heavy atom. The molecule has 25 heavy (non-hydrogen) atoms. The lowest BCUT2D eigenvalue weighted by Crippen LogP contribution is -2.21. The Bertz CT molecular complexity index is 856. The summed E-state index contributed by atoms with van der Waals surface area (Å²) in [5.41, 5.74) is 1.54. The van der Waals surface area contributed by atoms with Gasteiger partial charge in [0.05, 0.1) is 5.39 Å². The molecule has 0 aliphatic rings. The van der Waals surface area contributed by atoms with Gasteiger partial charge in [0.25, 0.3) is 5.91 Å². The average Bonchev–Trinajstić information content (AvgIpc) is 3.10. The predicted octanol–water partition coefficient (Wildman–Crippen LogP) is 4.82. The van der Waals surface area contributed by atoms with Gasteiger partial charge in [0.1, 0.15) is 10.4 Å². The molecule has 0 saturated heterocycles. The largest absolute Gasteiger partial charge is 0.352 e. The number of rotatable bonds is 2. The van der Waals surface area contributed by atoms with Gasteiger partial charge in [-0.1, -0.05) is 45.9 Å². The standard InChI is InChI=1S/C15H12N2O2S.2C2H6.B/c1-9-4-2-3-5-12(9)17-14(19)11-8-16-15-10(13(11)18)6-7-20-15;2*1-2;/h2-8H,1H3,(H,16,18)(H,17,19);2*1-2H3;. The third-order valence-corrected chi connectivity index (χ3v) is 3.99. The first-order valence-corrected chi connectivity index (χ1v) is 9.00. The minimum atomic E-state index is -0.395. The monoisotopic (exact) mass is 355 g/mol. The normalized spacial score (nSPS) is 9.00. The number of aryl methyl sites for hydroxylation is 1. The number of hydrogen-bond acceptors (Lipinski definition) is 3. The molecule has 3 radical (unpaired) electrons. The van der Waals surface area contributed by atoms with E-state index >= 15 is 0 Å². The van der Waals surface area contributed by atoms with Crippen molar-refractivity contribution in [1.29, 1.82) is 0 Å². The molecule has 2 N–H and O–H groups in total. The van der Waals surface area contributed by atoms with E-state index in [-0.39, 0.29) is 19.4 Å². The summed E-state index contributed by atoms with van der Waals surface area (Å²) in [5.74, 6) is -0.395. The van der Waals surface area contributed by atoms with Crippen LogP contribution in [-0.2, 0) is 0 Å². The van der Waals surface area contributed by atoms with E-state index in [1.165, 1.54) is 17.5 Å². The van der Waals surface area contributed by atoms with Crippen LogP contribution < -0.4 is 10.7 Å². The number of thiophene rings is 1. The summed E-state index contributed by atoms with van der Waals surface area (Å²) in [7, 11) is 0. The molecular weight excluding hydrogens is 331 g/mol. The van der Waals surface area contributed by atoms with Gasteiger partial charge in [-0.2, -0.15) is 0 Å². The van der Waals surface area contributed by atoms with Gasteiger partial charge in [-0.15, -0.1) is 11.3 Å². The number of carbonyl (C=O) groups is 1. The fraction of sp³-hybridized carbons (Fsp3) is 0.263. The van der Waals surface area contributed by atoms with E-state index in [4.69, 9.17) is 0 Å². The molecule has 6 heteroatoms. The second kappa shape index (κ2) is 11.3. The van der Waals surface area contributed by atoms with Gasteiger partial charge in [-0.3, -0.25) is 9.59 Å². The van der Waals surface area contributed by atoms with E-state index in [1.54, 1.807) is 6.07 Å². The maximum Gasteiger partial charge on any atom is 0.261 e. The van der Waals surface area contributed by atoms with Crippen molar-refractivity contribution >= 4 is 41.6 Å². The Morgan fingerprint density at radius 1 is 1.08 bits per heavy atom. The number of aromatic nitrogens is 1. The minimum Gasteiger partial charge on any atom is -0.352 e. The number of H-pyrrole nitrogens is 1. The van der Waals surface area contributed by atoms with Crippen LogP contribution >= 0.6 is 11.3 Å². The molecule has 0 bridgehead atoms. The van der Waals surface area contributed by atoms with Crippen LogP contribution in [0.1, 0.15) is 43.6 Å². The van der Waals surface area contributed by atoms with Crippen molar-refractivity contribution in [2.24, 2.45) is 0 Å². The molecule has 2 heterocycles. The van der Waals surface area contributed by atoms with Crippen molar-refractivity contribution in [3.05, 3.63) is 63.3 Å². The van der Waals surface area contributed by atoms with Gasteiger partial charge in [-0.25, -0.2) is 0 Å². The van der Waals surface area contributed by atoms with Crippen LogP contribution in [0.5, 0.6) is 0 Å². The molecule has 0 fully saturated rings. The highest BCUT2D eigenvalue weighted by atomic mass is 32.1. The topological polar surface area (TPSA) is 62.0 Å². The molecule has 0 spiro atoms. The van der Waals surface area contributed by atoms with E-state index < -0.39 is 5.91 Å². The summed E-state index contributed by atoms with van der Waals surface area (Å²) in [5, 5.41) is 5.14. The SMILES string of the molecule is CC.CC.Cc1ccccc1NC(=O)c1c[nH]c2sccc2c1=O.[B]. The van der Waals surface area contributed by atoms with Crippen LogP contribution in [0.3, 0.4) is 0 Å². The lowest BCUT2D eigenvalue weighted by Gasteiger charge is -2.07. The molecule has 0 aliphatic carbocycles. The quantitative estimate of drug-likeness (QED) is 0.647. The first kappa shape index (κ1) is 22.7. The number of fused-ring (bicyclic) bond motifs is 1. The third-order valence-electron chi connectivity index (χ3n) is 3.14. The van der Waals surface area contributed by atoms with Crippen LogP contribution in [0.25, 0.3) is 10.2 Å². The molecule has 0 unspecified atom stereocenters. The number of pyridine rings is 1. The van der Waals surface area contributed by atoms with E-state index in [1.807, 2.05) is 64.3 Å². The average molecular weight is 355 g/mol. The van der Waals surface area contributed by atoms with Gasteiger partial charge in [0.2, 0.25) is 5.43 Å². The Morgan fingerprint density at radius 2 is 1.72 bits per heavy atom. The third kappa shape index (κ3) is 5.33. The fourth-order valence-corrected chi connectivity index (χ4v) is 2.77. The lowest BCUT2D eigenvalue weighted by atomic mass is 10.1.